The van der Waals surface area contributed by atoms with E-state index < -0.39 is 0 Å². The number of rotatable bonds is 4. The van der Waals surface area contributed by atoms with Crippen LogP contribution in [0.3, 0.4) is 0 Å². The third-order valence-electron chi connectivity index (χ3n) is 3.53. The molecule has 0 aromatic carbocycles. The number of carbonyl (C=O) groups excluding carboxylic acids is 1. The number of likely N-dealkylation sites (tertiary alicyclic amines) is 1. The van der Waals surface area contributed by atoms with Crippen molar-refractivity contribution in [2.75, 3.05) is 19.6 Å². The van der Waals surface area contributed by atoms with E-state index in [4.69, 9.17) is 12.2 Å². The van der Waals surface area contributed by atoms with Crippen molar-refractivity contribution >= 4 is 18.1 Å². The zero-order valence-electron chi connectivity index (χ0n) is 11.3. The predicted octanol–water partition coefficient (Wildman–Crippen LogP) is 2.35. The second-order valence-corrected chi connectivity index (χ2v) is 5.41. The summed E-state index contributed by atoms with van der Waals surface area (Å²) in [4.78, 5) is 17.5. The second kappa shape index (κ2) is 6.82. The number of aromatic nitrogens is 1. The lowest BCUT2D eigenvalue weighted by atomic mass is 10.0. The fourth-order valence-corrected chi connectivity index (χ4v) is 2.71. The molecule has 0 aliphatic carbocycles. The molecule has 1 amide bonds. The average Bonchev–Trinajstić information content (AvgIpc) is 2.42. The van der Waals surface area contributed by atoms with E-state index in [9.17, 15) is 4.79 Å². The largest absolute Gasteiger partial charge is 0.352 e. The van der Waals surface area contributed by atoms with Gasteiger partial charge in [0, 0.05) is 25.3 Å². The van der Waals surface area contributed by atoms with Crippen molar-refractivity contribution in [2.45, 2.75) is 32.2 Å². The first-order valence-electron chi connectivity index (χ1n) is 6.91. The molecule has 0 radical (unpaired) electrons. The summed E-state index contributed by atoms with van der Waals surface area (Å²) in [5, 5.41) is 3.09. The highest BCUT2D eigenvalue weighted by Gasteiger charge is 2.20. The van der Waals surface area contributed by atoms with E-state index in [1.54, 1.807) is 18.3 Å². The molecule has 0 unspecified atom stereocenters. The van der Waals surface area contributed by atoms with Crippen molar-refractivity contribution in [3.05, 3.63) is 28.5 Å². The molecule has 4 nitrogen and oxygen atoms in total. The van der Waals surface area contributed by atoms with Crippen LogP contribution in [-0.4, -0.2) is 41.5 Å². The number of carbonyl (C=O) groups is 1. The average molecular weight is 279 g/mol. The maximum absolute atomic E-state index is 12.1. The van der Waals surface area contributed by atoms with Gasteiger partial charge in [-0.05, 0) is 37.9 Å². The summed E-state index contributed by atoms with van der Waals surface area (Å²) in [5.41, 5.74) is 0.563. The van der Waals surface area contributed by atoms with Gasteiger partial charge in [-0.3, -0.25) is 4.79 Å². The van der Waals surface area contributed by atoms with Gasteiger partial charge in [-0.25, -0.2) is 0 Å². The molecule has 1 saturated heterocycles. The van der Waals surface area contributed by atoms with Crippen molar-refractivity contribution in [3.63, 3.8) is 0 Å². The number of aromatic amines is 1. The minimum absolute atomic E-state index is 0.0595. The molecule has 0 spiro atoms. The Bertz CT molecular complexity index is 478. The van der Waals surface area contributed by atoms with E-state index in [2.05, 4.69) is 22.1 Å². The van der Waals surface area contributed by atoms with Crippen LogP contribution in [0, 0.1) is 4.64 Å². The first-order valence-corrected chi connectivity index (χ1v) is 7.32. The fraction of sp³-hybridized carbons (Fsp3) is 0.571. The quantitative estimate of drug-likeness (QED) is 0.832. The topological polar surface area (TPSA) is 48.1 Å². The van der Waals surface area contributed by atoms with E-state index in [-0.39, 0.29) is 11.9 Å². The van der Waals surface area contributed by atoms with Gasteiger partial charge < -0.3 is 15.2 Å². The Morgan fingerprint density at radius 3 is 2.89 bits per heavy atom. The van der Waals surface area contributed by atoms with E-state index in [0.717, 1.165) is 32.5 Å². The molecule has 1 aliphatic heterocycles. The normalized spacial score (nSPS) is 17.3. The molecule has 0 bridgehead atoms. The lowest BCUT2D eigenvalue weighted by Crippen LogP contribution is -2.44. The molecule has 2 N–H and O–H groups in total. The second-order valence-electron chi connectivity index (χ2n) is 5.00. The highest BCUT2D eigenvalue weighted by molar-refractivity contribution is 7.71. The van der Waals surface area contributed by atoms with E-state index in [0.29, 0.717) is 10.2 Å². The molecule has 104 valence electrons. The van der Waals surface area contributed by atoms with E-state index in [1.165, 1.54) is 6.42 Å². The summed E-state index contributed by atoms with van der Waals surface area (Å²) in [7, 11) is 0. The fourth-order valence-electron chi connectivity index (χ4n) is 2.48. The smallest absolute Gasteiger partial charge is 0.254 e. The standard InChI is InChI=1S/C14H21N3OS/c1-2-8-17-9-5-11(6-10-17)16-13(18)12-4-3-7-15-14(12)19/h3-4,7,11H,2,5-6,8-10H2,1H3,(H,15,19)(H,16,18). The molecule has 1 aromatic rings. The number of pyridine rings is 1. The number of H-pyrrole nitrogens is 1. The molecule has 1 aromatic heterocycles. The zero-order chi connectivity index (χ0) is 13.7. The van der Waals surface area contributed by atoms with Crippen LogP contribution >= 0.6 is 12.2 Å². The SMILES string of the molecule is CCCN1CCC(NC(=O)c2ccc[nH]c2=S)CC1. The molecule has 19 heavy (non-hydrogen) atoms. The molecule has 2 rings (SSSR count). The first-order chi connectivity index (χ1) is 9.20. The molecule has 1 aliphatic rings. The van der Waals surface area contributed by atoms with Crippen LogP contribution in [0.1, 0.15) is 36.5 Å². The predicted molar refractivity (Wildman–Crippen MR) is 78.8 cm³/mol. The Labute approximate surface area is 119 Å². The molecular formula is C14H21N3OS. The molecule has 1 fully saturated rings. The number of hydrogen-bond acceptors (Lipinski definition) is 3. The Hall–Kier alpha value is -1.20. The van der Waals surface area contributed by atoms with Crippen molar-refractivity contribution in [1.29, 1.82) is 0 Å². The van der Waals surface area contributed by atoms with Crippen LogP contribution in [0.5, 0.6) is 0 Å². The summed E-state index contributed by atoms with van der Waals surface area (Å²) in [6, 6.07) is 3.84. The highest BCUT2D eigenvalue weighted by atomic mass is 32.1. The maximum atomic E-state index is 12.1. The summed E-state index contributed by atoms with van der Waals surface area (Å²) >= 11 is 5.12. The minimum atomic E-state index is -0.0595. The molecule has 2 heterocycles. The zero-order valence-corrected chi connectivity index (χ0v) is 12.1. The van der Waals surface area contributed by atoms with Crippen LogP contribution in [-0.2, 0) is 0 Å². The van der Waals surface area contributed by atoms with Crippen LogP contribution in [0.4, 0.5) is 0 Å². The lowest BCUT2D eigenvalue weighted by Gasteiger charge is -2.32. The van der Waals surface area contributed by atoms with Crippen molar-refractivity contribution in [2.24, 2.45) is 0 Å². The minimum Gasteiger partial charge on any atom is -0.352 e. The molecule has 0 saturated carbocycles. The summed E-state index contributed by atoms with van der Waals surface area (Å²) in [6.07, 6.45) is 4.97. The molecule has 5 heteroatoms. The molecule has 0 atom stereocenters. The third-order valence-corrected chi connectivity index (χ3v) is 3.86. The van der Waals surface area contributed by atoms with Crippen LogP contribution in [0.25, 0.3) is 0 Å². The van der Waals surface area contributed by atoms with E-state index >= 15 is 0 Å². The number of nitrogens with one attached hydrogen (secondary N) is 2. The Balaban J connectivity index is 1.88. The molecular weight excluding hydrogens is 258 g/mol. The Kier molecular flexibility index (Phi) is 5.10. The van der Waals surface area contributed by atoms with Gasteiger partial charge in [0.2, 0.25) is 0 Å². The van der Waals surface area contributed by atoms with Gasteiger partial charge in [0.05, 0.1) is 5.56 Å². The highest BCUT2D eigenvalue weighted by Crippen LogP contribution is 2.11. The summed E-state index contributed by atoms with van der Waals surface area (Å²) in [5.74, 6) is -0.0595. The van der Waals surface area contributed by atoms with Gasteiger partial charge in [-0.2, -0.15) is 0 Å². The van der Waals surface area contributed by atoms with Crippen LogP contribution in [0.15, 0.2) is 18.3 Å². The third kappa shape index (κ3) is 3.88. The Morgan fingerprint density at radius 1 is 1.53 bits per heavy atom. The summed E-state index contributed by atoms with van der Waals surface area (Å²) in [6.45, 7) is 5.50. The summed E-state index contributed by atoms with van der Waals surface area (Å²) < 4.78 is 0.503. The van der Waals surface area contributed by atoms with Crippen molar-refractivity contribution in [3.8, 4) is 0 Å². The van der Waals surface area contributed by atoms with E-state index in [1.807, 2.05) is 0 Å². The van der Waals surface area contributed by atoms with Crippen molar-refractivity contribution in [1.82, 2.24) is 15.2 Å². The van der Waals surface area contributed by atoms with Gasteiger partial charge in [-0.15, -0.1) is 0 Å². The van der Waals surface area contributed by atoms with Gasteiger partial charge >= 0.3 is 0 Å². The monoisotopic (exact) mass is 279 g/mol. The number of nitrogens with zero attached hydrogens (tertiary/aromatic N) is 1. The Morgan fingerprint density at radius 2 is 2.26 bits per heavy atom. The van der Waals surface area contributed by atoms with Crippen LogP contribution in [0.2, 0.25) is 0 Å². The number of piperidine rings is 1. The number of amides is 1. The van der Waals surface area contributed by atoms with Crippen molar-refractivity contribution < 1.29 is 4.79 Å². The van der Waals surface area contributed by atoms with Gasteiger partial charge in [-0.1, -0.05) is 19.1 Å². The van der Waals surface area contributed by atoms with Crippen LogP contribution < -0.4 is 5.32 Å². The first kappa shape index (κ1) is 14.2. The maximum Gasteiger partial charge on any atom is 0.254 e. The number of hydrogen-bond donors (Lipinski definition) is 2. The van der Waals surface area contributed by atoms with Gasteiger partial charge in [0.15, 0.2) is 0 Å². The van der Waals surface area contributed by atoms with Gasteiger partial charge in [0.1, 0.15) is 4.64 Å². The van der Waals surface area contributed by atoms with Gasteiger partial charge in [0.25, 0.3) is 5.91 Å². The lowest BCUT2D eigenvalue weighted by molar-refractivity contribution is 0.0910.